The van der Waals surface area contributed by atoms with E-state index in [9.17, 15) is 10.1 Å². The Morgan fingerprint density at radius 2 is 1.82 bits per heavy atom. The van der Waals surface area contributed by atoms with Crippen LogP contribution in [0.25, 0.3) is 0 Å². The highest BCUT2D eigenvalue weighted by atomic mass is 16.6. The molecule has 1 aliphatic heterocycles. The van der Waals surface area contributed by atoms with Gasteiger partial charge < -0.3 is 15.4 Å². The van der Waals surface area contributed by atoms with Gasteiger partial charge in [0, 0.05) is 18.8 Å². The number of nitrogen functional groups attached to an aromatic ring is 1. The lowest BCUT2D eigenvalue weighted by Gasteiger charge is -2.38. The Morgan fingerprint density at radius 1 is 1.27 bits per heavy atom. The minimum Gasteiger partial charge on any atom is -0.444 e. The second-order valence-corrected chi connectivity index (χ2v) is 6.78. The number of benzene rings is 1. The Balaban J connectivity index is 2.07. The van der Waals surface area contributed by atoms with E-state index in [4.69, 9.17) is 10.5 Å². The number of ether oxygens (including phenoxy) is 1. The van der Waals surface area contributed by atoms with Crippen molar-refractivity contribution in [1.82, 2.24) is 4.90 Å². The highest BCUT2D eigenvalue weighted by Gasteiger charge is 2.38. The van der Waals surface area contributed by atoms with E-state index in [1.54, 1.807) is 4.90 Å². The summed E-state index contributed by atoms with van der Waals surface area (Å²) in [5.74, 6) is 0. The molecule has 0 spiro atoms. The first-order valence-corrected chi connectivity index (χ1v) is 7.51. The predicted octanol–water partition coefficient (Wildman–Crippen LogP) is 3.06. The van der Waals surface area contributed by atoms with Gasteiger partial charge in [-0.15, -0.1) is 0 Å². The summed E-state index contributed by atoms with van der Waals surface area (Å²) in [5, 5.41) is 9.66. The molecule has 2 N–H and O–H groups in total. The number of rotatable bonds is 1. The molecule has 0 atom stereocenters. The van der Waals surface area contributed by atoms with Crippen LogP contribution in [0.3, 0.4) is 0 Å². The van der Waals surface area contributed by atoms with Gasteiger partial charge in [-0.05, 0) is 51.3 Å². The third-order valence-electron chi connectivity index (χ3n) is 3.95. The van der Waals surface area contributed by atoms with Crippen LogP contribution >= 0.6 is 0 Å². The van der Waals surface area contributed by atoms with Gasteiger partial charge in [0.25, 0.3) is 0 Å². The van der Waals surface area contributed by atoms with Crippen LogP contribution in [-0.4, -0.2) is 29.7 Å². The summed E-state index contributed by atoms with van der Waals surface area (Å²) >= 11 is 0. The van der Waals surface area contributed by atoms with Crippen molar-refractivity contribution >= 4 is 11.8 Å². The standard InChI is InChI=1S/C17H23N3O2/c1-16(2,3)22-15(21)20-10-8-17(12-18,9-11-20)13-4-6-14(19)7-5-13/h4-7H,8-11,19H2,1-3H3. The molecule has 0 saturated carbocycles. The quantitative estimate of drug-likeness (QED) is 0.808. The number of nitrogens with two attached hydrogens (primary N) is 1. The molecular weight excluding hydrogens is 278 g/mol. The number of piperidine rings is 1. The molecule has 1 aliphatic rings. The van der Waals surface area contributed by atoms with Gasteiger partial charge in [-0.2, -0.15) is 5.26 Å². The first-order chi connectivity index (χ1) is 10.3. The molecule has 118 valence electrons. The molecule has 0 bridgehead atoms. The summed E-state index contributed by atoms with van der Waals surface area (Å²) < 4.78 is 5.39. The first kappa shape index (κ1) is 16.2. The largest absolute Gasteiger partial charge is 0.444 e. The molecule has 2 rings (SSSR count). The van der Waals surface area contributed by atoms with Crippen LogP contribution in [0.1, 0.15) is 39.2 Å². The molecule has 22 heavy (non-hydrogen) atoms. The first-order valence-electron chi connectivity index (χ1n) is 7.51. The van der Waals surface area contributed by atoms with Crippen molar-refractivity contribution < 1.29 is 9.53 Å². The molecule has 5 heteroatoms. The summed E-state index contributed by atoms with van der Waals surface area (Å²) in [6.07, 6.45) is 0.899. The number of hydrogen-bond acceptors (Lipinski definition) is 4. The second-order valence-electron chi connectivity index (χ2n) is 6.78. The smallest absolute Gasteiger partial charge is 0.410 e. The third-order valence-corrected chi connectivity index (χ3v) is 3.95. The number of hydrogen-bond donors (Lipinski definition) is 1. The third kappa shape index (κ3) is 3.51. The SMILES string of the molecule is CC(C)(C)OC(=O)N1CCC(C#N)(c2ccc(N)cc2)CC1. The molecular formula is C17H23N3O2. The van der Waals surface area contributed by atoms with Crippen molar-refractivity contribution in [3.8, 4) is 6.07 Å². The van der Waals surface area contributed by atoms with E-state index in [0.717, 1.165) is 5.56 Å². The van der Waals surface area contributed by atoms with Crippen molar-refractivity contribution in [3.05, 3.63) is 29.8 Å². The van der Waals surface area contributed by atoms with Gasteiger partial charge in [-0.1, -0.05) is 12.1 Å². The maximum absolute atomic E-state index is 12.1. The minimum absolute atomic E-state index is 0.309. The fraction of sp³-hybridized carbons (Fsp3) is 0.529. The van der Waals surface area contributed by atoms with Gasteiger partial charge in [0.1, 0.15) is 5.60 Å². The summed E-state index contributed by atoms with van der Waals surface area (Å²) in [6.45, 7) is 6.59. The molecule has 1 amide bonds. The zero-order valence-corrected chi connectivity index (χ0v) is 13.4. The Hall–Kier alpha value is -2.22. The molecule has 0 aliphatic carbocycles. The van der Waals surface area contributed by atoms with E-state index in [0.29, 0.717) is 31.6 Å². The number of nitrogens with zero attached hydrogens (tertiary/aromatic N) is 2. The summed E-state index contributed by atoms with van der Waals surface area (Å²) in [4.78, 5) is 13.8. The number of likely N-dealkylation sites (tertiary alicyclic amines) is 1. The fourth-order valence-corrected chi connectivity index (χ4v) is 2.66. The molecule has 1 aromatic carbocycles. The molecule has 1 fully saturated rings. The van der Waals surface area contributed by atoms with Crippen LogP contribution in [0.15, 0.2) is 24.3 Å². The van der Waals surface area contributed by atoms with Gasteiger partial charge in [0.15, 0.2) is 0 Å². The number of anilines is 1. The summed E-state index contributed by atoms with van der Waals surface area (Å²) in [5.41, 5.74) is 6.31. The minimum atomic E-state index is -0.549. The number of amides is 1. The van der Waals surface area contributed by atoms with E-state index in [-0.39, 0.29) is 6.09 Å². The Bertz CT molecular complexity index is 573. The Kier molecular flexibility index (Phi) is 4.32. The zero-order valence-electron chi connectivity index (χ0n) is 13.4. The Labute approximate surface area is 131 Å². The number of nitriles is 1. The van der Waals surface area contributed by atoms with E-state index in [1.807, 2.05) is 45.0 Å². The highest BCUT2D eigenvalue weighted by molar-refractivity contribution is 5.68. The molecule has 5 nitrogen and oxygen atoms in total. The van der Waals surface area contributed by atoms with Crippen LogP contribution in [0.2, 0.25) is 0 Å². The monoisotopic (exact) mass is 301 g/mol. The van der Waals surface area contributed by atoms with Gasteiger partial charge in [-0.25, -0.2) is 4.79 Å². The molecule has 0 radical (unpaired) electrons. The second kappa shape index (κ2) is 5.88. The average Bonchev–Trinajstić information content (AvgIpc) is 2.46. The van der Waals surface area contributed by atoms with Crippen molar-refractivity contribution in [2.24, 2.45) is 0 Å². The molecule has 1 saturated heterocycles. The Morgan fingerprint density at radius 3 is 2.27 bits per heavy atom. The van der Waals surface area contributed by atoms with Crippen LogP contribution < -0.4 is 5.73 Å². The van der Waals surface area contributed by atoms with Gasteiger partial charge in [0.05, 0.1) is 11.5 Å². The number of carbonyl (C=O) groups excluding carboxylic acids is 1. The maximum atomic E-state index is 12.1. The normalized spacial score (nSPS) is 17.6. The van der Waals surface area contributed by atoms with Crippen LogP contribution in [-0.2, 0) is 10.2 Å². The lowest BCUT2D eigenvalue weighted by Crippen LogP contribution is -2.46. The van der Waals surface area contributed by atoms with Crippen molar-refractivity contribution in [3.63, 3.8) is 0 Å². The van der Waals surface area contributed by atoms with Gasteiger partial charge in [-0.3, -0.25) is 0 Å². The zero-order chi connectivity index (χ0) is 16.4. The van der Waals surface area contributed by atoms with Crippen molar-refractivity contribution in [1.29, 1.82) is 5.26 Å². The highest BCUT2D eigenvalue weighted by Crippen LogP contribution is 2.35. The summed E-state index contributed by atoms with van der Waals surface area (Å²) in [6, 6.07) is 9.88. The van der Waals surface area contributed by atoms with Crippen LogP contribution in [0, 0.1) is 11.3 Å². The van der Waals surface area contributed by atoms with Crippen molar-refractivity contribution in [2.75, 3.05) is 18.8 Å². The van der Waals surface area contributed by atoms with E-state index in [1.165, 1.54) is 0 Å². The summed E-state index contributed by atoms with van der Waals surface area (Å²) in [7, 11) is 0. The number of carbonyl (C=O) groups is 1. The topological polar surface area (TPSA) is 79.3 Å². The van der Waals surface area contributed by atoms with Gasteiger partial charge >= 0.3 is 6.09 Å². The van der Waals surface area contributed by atoms with Crippen molar-refractivity contribution in [2.45, 2.75) is 44.6 Å². The lowest BCUT2D eigenvalue weighted by molar-refractivity contribution is 0.0185. The van der Waals surface area contributed by atoms with Crippen LogP contribution in [0.4, 0.5) is 10.5 Å². The van der Waals surface area contributed by atoms with Gasteiger partial charge in [0.2, 0.25) is 0 Å². The maximum Gasteiger partial charge on any atom is 0.410 e. The van der Waals surface area contributed by atoms with Crippen LogP contribution in [0.5, 0.6) is 0 Å². The average molecular weight is 301 g/mol. The van der Waals surface area contributed by atoms with E-state index < -0.39 is 11.0 Å². The van der Waals surface area contributed by atoms with E-state index in [2.05, 4.69) is 6.07 Å². The fourth-order valence-electron chi connectivity index (χ4n) is 2.66. The molecule has 0 aromatic heterocycles. The molecule has 1 aromatic rings. The predicted molar refractivity (Wildman–Crippen MR) is 85.2 cm³/mol. The lowest BCUT2D eigenvalue weighted by atomic mass is 9.74. The molecule has 1 heterocycles. The molecule has 0 unspecified atom stereocenters. The van der Waals surface area contributed by atoms with E-state index >= 15 is 0 Å².